The second kappa shape index (κ2) is 6.28. The number of hydrogen-bond acceptors (Lipinski definition) is 3. The first-order valence-electron chi connectivity index (χ1n) is 8.97. The molecular formula is C21H25N3O. The summed E-state index contributed by atoms with van der Waals surface area (Å²) in [5, 5.41) is 12.5. The van der Waals surface area contributed by atoms with Crippen LogP contribution < -0.4 is 0 Å². The Morgan fingerprint density at radius 1 is 1.12 bits per heavy atom. The minimum absolute atomic E-state index is 0.540. The number of para-hydroxylation sites is 1. The second-order valence-electron chi connectivity index (χ2n) is 7.35. The Morgan fingerprint density at radius 3 is 2.72 bits per heavy atom. The fourth-order valence-corrected chi connectivity index (χ4v) is 3.97. The highest BCUT2D eigenvalue weighted by Crippen LogP contribution is 2.32. The lowest BCUT2D eigenvalue weighted by atomic mass is 9.97. The summed E-state index contributed by atoms with van der Waals surface area (Å²) < 4.78 is 2.33. The zero-order valence-electron chi connectivity index (χ0n) is 14.9. The van der Waals surface area contributed by atoms with Gasteiger partial charge in [-0.25, -0.2) is 0 Å². The van der Waals surface area contributed by atoms with Gasteiger partial charge < -0.3 is 14.6 Å². The molecule has 1 aromatic carbocycles. The topological polar surface area (TPSA) is 41.3 Å². The third-order valence-electron chi connectivity index (χ3n) is 5.42. The Hall–Kier alpha value is -2.17. The van der Waals surface area contributed by atoms with Crippen molar-refractivity contribution >= 4 is 10.9 Å². The summed E-state index contributed by atoms with van der Waals surface area (Å²) in [6, 6.07) is 12.4. The van der Waals surface area contributed by atoms with Crippen LogP contribution in [0.1, 0.15) is 23.7 Å². The highest BCUT2D eigenvalue weighted by Gasteiger charge is 2.28. The van der Waals surface area contributed by atoms with E-state index in [2.05, 4.69) is 45.8 Å². The van der Waals surface area contributed by atoms with Gasteiger partial charge in [0.25, 0.3) is 0 Å². The van der Waals surface area contributed by atoms with Crippen molar-refractivity contribution in [3.63, 3.8) is 0 Å². The van der Waals surface area contributed by atoms with Gasteiger partial charge in [0.15, 0.2) is 0 Å². The molecule has 0 amide bonds. The maximum absolute atomic E-state index is 11.2. The average Bonchev–Trinajstić information content (AvgIpc) is 2.77. The Balaban J connectivity index is 1.82. The summed E-state index contributed by atoms with van der Waals surface area (Å²) in [6.07, 6.45) is 5.59. The number of aromatic nitrogens is 2. The largest absolute Gasteiger partial charge is 0.384 e. The molecule has 0 saturated heterocycles. The molecule has 4 rings (SSSR count). The Labute approximate surface area is 148 Å². The van der Waals surface area contributed by atoms with Crippen LogP contribution in [0.15, 0.2) is 48.8 Å². The van der Waals surface area contributed by atoms with Crippen molar-refractivity contribution in [2.24, 2.45) is 0 Å². The van der Waals surface area contributed by atoms with Gasteiger partial charge in [0.05, 0.1) is 6.54 Å². The smallest absolute Gasteiger partial charge is 0.106 e. The standard InChI is InChI=1S/C21H25N3O/c1-21(25,16-6-5-11-22-14-16)15-24-19-8-4-3-7-17(19)18-9-12-23(2)13-10-20(18)24/h3-8,11,14,25H,9-10,12-13,15H2,1-2H3. The first-order chi connectivity index (χ1) is 12.1. The molecule has 1 N–H and O–H groups in total. The third kappa shape index (κ3) is 2.96. The summed E-state index contributed by atoms with van der Waals surface area (Å²) in [7, 11) is 2.18. The summed E-state index contributed by atoms with van der Waals surface area (Å²) in [6.45, 7) is 4.56. The van der Waals surface area contributed by atoms with Gasteiger partial charge in [0, 0.05) is 54.1 Å². The molecule has 1 unspecified atom stereocenters. The first-order valence-corrected chi connectivity index (χ1v) is 8.97. The van der Waals surface area contributed by atoms with Crippen LogP contribution in [0.4, 0.5) is 0 Å². The van der Waals surface area contributed by atoms with E-state index in [9.17, 15) is 5.11 Å². The number of hydrogen-bond donors (Lipinski definition) is 1. The number of fused-ring (bicyclic) bond motifs is 3. The SMILES string of the molecule is CN1CCc2c(n(CC(C)(O)c3cccnc3)c3ccccc23)CC1. The van der Waals surface area contributed by atoms with Crippen molar-refractivity contribution in [1.29, 1.82) is 0 Å². The molecule has 0 spiro atoms. The van der Waals surface area contributed by atoms with E-state index in [0.29, 0.717) is 6.54 Å². The van der Waals surface area contributed by atoms with E-state index >= 15 is 0 Å². The highest BCUT2D eigenvalue weighted by molar-refractivity contribution is 5.85. The van der Waals surface area contributed by atoms with E-state index in [0.717, 1.165) is 31.5 Å². The number of benzene rings is 1. The number of rotatable bonds is 3. The fourth-order valence-electron chi connectivity index (χ4n) is 3.97. The van der Waals surface area contributed by atoms with Crippen LogP contribution in [0.5, 0.6) is 0 Å². The zero-order valence-corrected chi connectivity index (χ0v) is 14.9. The molecule has 0 bridgehead atoms. The summed E-state index contributed by atoms with van der Waals surface area (Å²) in [5.41, 5.74) is 3.94. The van der Waals surface area contributed by atoms with Crippen molar-refractivity contribution in [2.45, 2.75) is 31.9 Å². The number of aliphatic hydroxyl groups is 1. The molecule has 0 aliphatic carbocycles. The highest BCUT2D eigenvalue weighted by atomic mass is 16.3. The monoisotopic (exact) mass is 335 g/mol. The van der Waals surface area contributed by atoms with Gasteiger partial charge in [-0.3, -0.25) is 4.98 Å². The van der Waals surface area contributed by atoms with Crippen molar-refractivity contribution in [1.82, 2.24) is 14.5 Å². The molecule has 1 aliphatic heterocycles. The predicted molar refractivity (Wildman–Crippen MR) is 101 cm³/mol. The van der Waals surface area contributed by atoms with E-state index in [1.807, 2.05) is 19.1 Å². The molecule has 4 heteroatoms. The molecule has 0 radical (unpaired) electrons. The maximum atomic E-state index is 11.2. The lowest BCUT2D eigenvalue weighted by Gasteiger charge is -2.26. The maximum Gasteiger partial charge on any atom is 0.106 e. The molecule has 3 heterocycles. The van der Waals surface area contributed by atoms with Gasteiger partial charge in [-0.1, -0.05) is 24.3 Å². The Morgan fingerprint density at radius 2 is 1.92 bits per heavy atom. The summed E-state index contributed by atoms with van der Waals surface area (Å²) in [5.74, 6) is 0. The van der Waals surface area contributed by atoms with Crippen LogP contribution in [0.25, 0.3) is 10.9 Å². The van der Waals surface area contributed by atoms with Gasteiger partial charge in [0.2, 0.25) is 0 Å². The molecule has 25 heavy (non-hydrogen) atoms. The second-order valence-corrected chi connectivity index (χ2v) is 7.35. The first kappa shape index (κ1) is 16.3. The Kier molecular flexibility index (Phi) is 4.10. The number of pyridine rings is 1. The summed E-state index contributed by atoms with van der Waals surface area (Å²) >= 11 is 0. The minimum Gasteiger partial charge on any atom is -0.384 e. The van der Waals surface area contributed by atoms with Crippen molar-refractivity contribution in [3.8, 4) is 0 Å². The van der Waals surface area contributed by atoms with Crippen LogP contribution in [-0.4, -0.2) is 39.7 Å². The van der Waals surface area contributed by atoms with Crippen molar-refractivity contribution in [3.05, 3.63) is 65.6 Å². The summed E-state index contributed by atoms with van der Waals surface area (Å²) in [4.78, 5) is 6.57. The quantitative estimate of drug-likeness (QED) is 0.800. The molecule has 1 aliphatic rings. The van der Waals surface area contributed by atoms with Crippen LogP contribution >= 0.6 is 0 Å². The van der Waals surface area contributed by atoms with E-state index in [4.69, 9.17) is 0 Å². The molecule has 130 valence electrons. The van der Waals surface area contributed by atoms with Crippen LogP contribution in [0.2, 0.25) is 0 Å². The Bertz CT molecular complexity index is 883. The minimum atomic E-state index is -0.956. The van der Waals surface area contributed by atoms with E-state index in [1.54, 1.807) is 12.4 Å². The van der Waals surface area contributed by atoms with Crippen LogP contribution in [-0.2, 0) is 25.0 Å². The number of nitrogens with zero attached hydrogens (tertiary/aromatic N) is 3. The molecule has 3 aromatic rings. The molecule has 0 fully saturated rings. The van der Waals surface area contributed by atoms with Gasteiger partial charge >= 0.3 is 0 Å². The number of likely N-dealkylation sites (N-methyl/N-ethyl adjacent to an activating group) is 1. The van der Waals surface area contributed by atoms with Gasteiger partial charge in [-0.2, -0.15) is 0 Å². The van der Waals surface area contributed by atoms with E-state index in [-0.39, 0.29) is 0 Å². The van der Waals surface area contributed by atoms with Gasteiger partial charge in [0.1, 0.15) is 5.60 Å². The fraction of sp³-hybridized carbons (Fsp3) is 0.381. The molecule has 4 nitrogen and oxygen atoms in total. The normalized spacial score (nSPS) is 17.9. The molecule has 0 saturated carbocycles. The molecular weight excluding hydrogens is 310 g/mol. The molecule has 1 atom stereocenters. The lowest BCUT2D eigenvalue weighted by molar-refractivity contribution is 0.0384. The van der Waals surface area contributed by atoms with Gasteiger partial charge in [-0.15, -0.1) is 0 Å². The van der Waals surface area contributed by atoms with E-state index in [1.165, 1.54) is 22.2 Å². The van der Waals surface area contributed by atoms with Crippen molar-refractivity contribution in [2.75, 3.05) is 20.1 Å². The predicted octanol–water partition coefficient (Wildman–Crippen LogP) is 2.97. The van der Waals surface area contributed by atoms with Gasteiger partial charge in [-0.05, 0) is 38.1 Å². The van der Waals surface area contributed by atoms with Crippen molar-refractivity contribution < 1.29 is 5.11 Å². The van der Waals surface area contributed by atoms with E-state index < -0.39 is 5.60 Å². The third-order valence-corrected chi connectivity index (χ3v) is 5.42. The zero-order chi connectivity index (χ0) is 17.4. The lowest BCUT2D eigenvalue weighted by Crippen LogP contribution is -2.29. The molecule has 2 aromatic heterocycles. The average molecular weight is 335 g/mol. The van der Waals surface area contributed by atoms with Crippen LogP contribution in [0, 0.1) is 0 Å². The van der Waals surface area contributed by atoms with Crippen LogP contribution in [0.3, 0.4) is 0 Å².